The highest BCUT2D eigenvalue weighted by molar-refractivity contribution is 5.94. The Hall–Kier alpha value is -1.51. The molecule has 0 saturated heterocycles. The van der Waals surface area contributed by atoms with E-state index in [9.17, 15) is 4.79 Å². The number of ether oxygens (including phenoxy) is 1. The highest BCUT2D eigenvalue weighted by Gasteiger charge is 2.25. The molecule has 0 N–H and O–H groups in total. The maximum absolute atomic E-state index is 12.1. The van der Waals surface area contributed by atoms with Gasteiger partial charge in [-0.05, 0) is 63.6 Å². The van der Waals surface area contributed by atoms with E-state index in [1.54, 1.807) is 19.0 Å². The van der Waals surface area contributed by atoms with Crippen LogP contribution in [0.15, 0.2) is 18.2 Å². The van der Waals surface area contributed by atoms with E-state index in [0.29, 0.717) is 5.56 Å². The second-order valence-electron chi connectivity index (χ2n) is 6.88. The summed E-state index contributed by atoms with van der Waals surface area (Å²) in [7, 11) is 3.54. The summed E-state index contributed by atoms with van der Waals surface area (Å²) in [6.07, 6.45) is 3.68. The standard InChI is InChI=1S/C17H25NO2/c1-17(2,3)20-15-11-14(16(19)18(4)5)9-8-13(15)10-12-6-7-12/h8-9,11-12H,6-7,10H2,1-5H3. The van der Waals surface area contributed by atoms with Crippen molar-refractivity contribution in [3.8, 4) is 5.75 Å². The Morgan fingerprint density at radius 1 is 1.30 bits per heavy atom. The van der Waals surface area contributed by atoms with Gasteiger partial charge in [-0.3, -0.25) is 4.79 Å². The Morgan fingerprint density at radius 2 is 1.95 bits per heavy atom. The van der Waals surface area contributed by atoms with Crippen LogP contribution in [0.1, 0.15) is 49.5 Å². The van der Waals surface area contributed by atoms with E-state index in [1.165, 1.54) is 18.4 Å². The average Bonchev–Trinajstić information content (AvgIpc) is 3.12. The molecule has 0 spiro atoms. The normalized spacial score (nSPS) is 15.1. The summed E-state index contributed by atoms with van der Waals surface area (Å²) in [4.78, 5) is 13.7. The van der Waals surface area contributed by atoms with Gasteiger partial charge in [0, 0.05) is 19.7 Å². The van der Waals surface area contributed by atoms with Gasteiger partial charge in [0.2, 0.25) is 0 Å². The SMILES string of the molecule is CN(C)C(=O)c1ccc(CC2CC2)c(OC(C)(C)C)c1. The number of carbonyl (C=O) groups excluding carboxylic acids is 1. The third-order valence-corrected chi connectivity index (χ3v) is 3.34. The lowest BCUT2D eigenvalue weighted by molar-refractivity contribution is 0.0825. The lowest BCUT2D eigenvalue weighted by atomic mass is 10.0. The van der Waals surface area contributed by atoms with Crippen LogP contribution in [0.25, 0.3) is 0 Å². The van der Waals surface area contributed by atoms with Crippen molar-refractivity contribution in [3.05, 3.63) is 29.3 Å². The molecule has 0 unspecified atom stereocenters. The lowest BCUT2D eigenvalue weighted by Gasteiger charge is -2.24. The minimum Gasteiger partial charge on any atom is -0.488 e. The van der Waals surface area contributed by atoms with E-state index >= 15 is 0 Å². The summed E-state index contributed by atoms with van der Waals surface area (Å²) < 4.78 is 6.06. The van der Waals surface area contributed by atoms with E-state index in [2.05, 4.69) is 6.07 Å². The fourth-order valence-corrected chi connectivity index (χ4v) is 2.17. The van der Waals surface area contributed by atoms with E-state index in [-0.39, 0.29) is 11.5 Å². The van der Waals surface area contributed by atoms with Crippen LogP contribution in [0.3, 0.4) is 0 Å². The Bertz CT molecular complexity index is 496. The first-order chi connectivity index (χ1) is 9.26. The minimum absolute atomic E-state index is 0.0155. The van der Waals surface area contributed by atoms with Gasteiger partial charge in [-0.25, -0.2) is 0 Å². The van der Waals surface area contributed by atoms with Crippen molar-refractivity contribution in [3.63, 3.8) is 0 Å². The fourth-order valence-electron chi connectivity index (χ4n) is 2.17. The van der Waals surface area contributed by atoms with Crippen LogP contribution in [-0.2, 0) is 6.42 Å². The van der Waals surface area contributed by atoms with Gasteiger partial charge >= 0.3 is 0 Å². The molecule has 1 saturated carbocycles. The number of hydrogen-bond donors (Lipinski definition) is 0. The molecular formula is C17H25NO2. The molecule has 2 rings (SSSR count). The number of hydrogen-bond acceptors (Lipinski definition) is 2. The summed E-state index contributed by atoms with van der Waals surface area (Å²) in [6, 6.07) is 5.86. The molecule has 0 aromatic heterocycles. The van der Waals surface area contributed by atoms with Crippen LogP contribution in [-0.4, -0.2) is 30.5 Å². The first kappa shape index (κ1) is 14.9. The smallest absolute Gasteiger partial charge is 0.253 e. The van der Waals surface area contributed by atoms with Gasteiger partial charge in [0.15, 0.2) is 0 Å². The highest BCUT2D eigenvalue weighted by atomic mass is 16.5. The lowest BCUT2D eigenvalue weighted by Crippen LogP contribution is -2.25. The molecule has 1 aromatic carbocycles. The van der Waals surface area contributed by atoms with Crippen molar-refractivity contribution in [2.45, 2.75) is 45.6 Å². The van der Waals surface area contributed by atoms with Crippen molar-refractivity contribution in [1.82, 2.24) is 4.90 Å². The number of amides is 1. The van der Waals surface area contributed by atoms with Crippen LogP contribution in [0, 0.1) is 5.92 Å². The molecule has 0 bridgehead atoms. The second-order valence-corrected chi connectivity index (χ2v) is 6.88. The largest absolute Gasteiger partial charge is 0.488 e. The highest BCUT2D eigenvalue weighted by Crippen LogP contribution is 2.36. The molecule has 0 aliphatic heterocycles. The quantitative estimate of drug-likeness (QED) is 0.841. The zero-order valence-corrected chi connectivity index (χ0v) is 13.2. The van der Waals surface area contributed by atoms with Crippen LogP contribution < -0.4 is 4.74 Å². The van der Waals surface area contributed by atoms with E-state index < -0.39 is 0 Å². The van der Waals surface area contributed by atoms with Crippen LogP contribution >= 0.6 is 0 Å². The number of benzene rings is 1. The molecule has 110 valence electrons. The molecule has 0 atom stereocenters. The zero-order valence-electron chi connectivity index (χ0n) is 13.2. The minimum atomic E-state index is -0.252. The van der Waals surface area contributed by atoms with Crippen molar-refractivity contribution >= 4 is 5.91 Å². The van der Waals surface area contributed by atoms with Gasteiger partial charge in [0.05, 0.1) is 0 Å². The molecule has 3 heteroatoms. The maximum Gasteiger partial charge on any atom is 0.253 e. The monoisotopic (exact) mass is 275 g/mol. The first-order valence-corrected chi connectivity index (χ1v) is 7.30. The van der Waals surface area contributed by atoms with Gasteiger partial charge in [0.25, 0.3) is 5.91 Å². The summed E-state index contributed by atoms with van der Waals surface area (Å²) >= 11 is 0. The Labute approximate surface area is 121 Å². The van der Waals surface area contributed by atoms with Crippen LogP contribution in [0.2, 0.25) is 0 Å². The molecule has 0 radical (unpaired) electrons. The van der Waals surface area contributed by atoms with Crippen molar-refractivity contribution in [1.29, 1.82) is 0 Å². The van der Waals surface area contributed by atoms with Gasteiger partial charge in [-0.15, -0.1) is 0 Å². The van der Waals surface area contributed by atoms with E-state index in [1.807, 2.05) is 32.9 Å². The van der Waals surface area contributed by atoms with Gasteiger partial charge in [-0.2, -0.15) is 0 Å². The molecule has 20 heavy (non-hydrogen) atoms. The average molecular weight is 275 g/mol. The molecule has 1 fully saturated rings. The Balaban J connectivity index is 2.30. The topological polar surface area (TPSA) is 29.5 Å². The summed E-state index contributed by atoms with van der Waals surface area (Å²) in [6.45, 7) is 6.11. The Morgan fingerprint density at radius 3 is 2.45 bits per heavy atom. The third kappa shape index (κ3) is 3.99. The molecule has 1 aromatic rings. The summed E-state index contributed by atoms with van der Waals surface area (Å²) in [5, 5.41) is 0. The van der Waals surface area contributed by atoms with Crippen molar-refractivity contribution < 1.29 is 9.53 Å². The summed E-state index contributed by atoms with van der Waals surface area (Å²) in [5.74, 6) is 1.67. The first-order valence-electron chi connectivity index (χ1n) is 7.30. The molecular weight excluding hydrogens is 250 g/mol. The third-order valence-electron chi connectivity index (χ3n) is 3.34. The zero-order chi connectivity index (χ0) is 14.9. The number of carbonyl (C=O) groups is 1. The fraction of sp³-hybridized carbons (Fsp3) is 0.588. The molecule has 1 aliphatic rings. The predicted octanol–water partition coefficient (Wildman–Crippen LogP) is 3.52. The summed E-state index contributed by atoms with van der Waals surface area (Å²) in [5.41, 5.74) is 1.66. The van der Waals surface area contributed by atoms with Crippen LogP contribution in [0.5, 0.6) is 5.75 Å². The van der Waals surface area contributed by atoms with Gasteiger partial charge in [-0.1, -0.05) is 6.07 Å². The van der Waals surface area contributed by atoms with Gasteiger partial charge < -0.3 is 9.64 Å². The molecule has 1 aliphatic carbocycles. The van der Waals surface area contributed by atoms with Crippen molar-refractivity contribution in [2.75, 3.05) is 14.1 Å². The van der Waals surface area contributed by atoms with Crippen LogP contribution in [0.4, 0.5) is 0 Å². The Kier molecular flexibility index (Phi) is 4.07. The molecule has 3 nitrogen and oxygen atoms in total. The number of rotatable bonds is 4. The molecule has 0 heterocycles. The number of nitrogens with zero attached hydrogens (tertiary/aromatic N) is 1. The van der Waals surface area contributed by atoms with Crippen molar-refractivity contribution in [2.24, 2.45) is 5.92 Å². The molecule has 1 amide bonds. The predicted molar refractivity (Wildman–Crippen MR) is 81.3 cm³/mol. The second kappa shape index (κ2) is 5.47. The van der Waals surface area contributed by atoms with E-state index in [4.69, 9.17) is 4.74 Å². The maximum atomic E-state index is 12.1. The van der Waals surface area contributed by atoms with E-state index in [0.717, 1.165) is 18.1 Å². The van der Waals surface area contributed by atoms with Gasteiger partial charge in [0.1, 0.15) is 11.4 Å².